The van der Waals surface area contributed by atoms with Crippen molar-refractivity contribution in [1.82, 2.24) is 4.90 Å². The van der Waals surface area contributed by atoms with Crippen LogP contribution in [-0.4, -0.2) is 57.3 Å². The lowest BCUT2D eigenvalue weighted by Crippen LogP contribution is -2.30. The second kappa shape index (κ2) is 12.2. The molecule has 0 N–H and O–H groups in total. The molecule has 0 aromatic heterocycles. The summed E-state index contributed by atoms with van der Waals surface area (Å²) in [5.41, 5.74) is 0. The first-order chi connectivity index (χ1) is 7.35. The molecule has 0 aliphatic carbocycles. The molecule has 0 radical (unpaired) electrons. The van der Waals surface area contributed by atoms with Gasteiger partial charge in [0.1, 0.15) is 0 Å². The maximum absolute atomic E-state index is 5.74. The molecule has 0 aliphatic heterocycles. The van der Waals surface area contributed by atoms with Gasteiger partial charge in [-0.05, 0) is 13.0 Å². The van der Waals surface area contributed by atoms with Crippen molar-refractivity contribution in [3.8, 4) is 0 Å². The molecule has 0 atom stereocenters. The van der Waals surface area contributed by atoms with E-state index < -0.39 is 0 Å². The summed E-state index contributed by atoms with van der Waals surface area (Å²) in [6.07, 6.45) is 2.46. The average molecular weight is 238 g/mol. The second-order valence-corrected chi connectivity index (χ2v) is 3.87. The number of halogens is 1. The summed E-state index contributed by atoms with van der Waals surface area (Å²) in [5, 5.41) is 0. The van der Waals surface area contributed by atoms with Gasteiger partial charge in [-0.15, -0.1) is 11.6 Å². The zero-order valence-corrected chi connectivity index (χ0v) is 10.8. The summed E-state index contributed by atoms with van der Waals surface area (Å²) < 4.78 is 10.3. The van der Waals surface area contributed by atoms with Crippen molar-refractivity contribution >= 4 is 11.6 Å². The van der Waals surface area contributed by atoms with Crippen LogP contribution in [0.4, 0.5) is 0 Å². The monoisotopic (exact) mass is 237 g/mol. The Morgan fingerprint density at radius 3 is 2.47 bits per heavy atom. The maximum atomic E-state index is 5.74. The van der Waals surface area contributed by atoms with E-state index in [1.807, 2.05) is 0 Å². The van der Waals surface area contributed by atoms with Crippen molar-refractivity contribution in [2.75, 3.05) is 52.4 Å². The minimum absolute atomic E-state index is 0.671. The predicted octanol–water partition coefficient (Wildman–Crippen LogP) is 1.99. The number of nitrogens with zero attached hydrogens (tertiary/aromatic N) is 1. The van der Waals surface area contributed by atoms with E-state index in [1.165, 1.54) is 12.8 Å². The van der Waals surface area contributed by atoms with E-state index >= 15 is 0 Å². The van der Waals surface area contributed by atoms with Crippen LogP contribution < -0.4 is 0 Å². The van der Waals surface area contributed by atoms with Crippen molar-refractivity contribution in [1.29, 1.82) is 0 Å². The van der Waals surface area contributed by atoms with Gasteiger partial charge in [-0.2, -0.15) is 0 Å². The fourth-order valence-electron chi connectivity index (χ4n) is 1.27. The van der Waals surface area contributed by atoms with Gasteiger partial charge in [0.25, 0.3) is 0 Å². The van der Waals surface area contributed by atoms with Gasteiger partial charge in [-0.3, -0.25) is 4.90 Å². The Hall–Kier alpha value is 0.170. The molecule has 0 saturated carbocycles. The van der Waals surface area contributed by atoms with Crippen LogP contribution in [0.25, 0.3) is 0 Å². The summed E-state index contributed by atoms with van der Waals surface area (Å²) in [4.78, 5) is 2.35. The van der Waals surface area contributed by atoms with Gasteiger partial charge < -0.3 is 9.47 Å². The molecular weight excluding hydrogens is 214 g/mol. The van der Waals surface area contributed by atoms with E-state index in [9.17, 15) is 0 Å². The van der Waals surface area contributed by atoms with Crippen LogP contribution in [0.1, 0.15) is 19.8 Å². The number of rotatable bonds is 11. The van der Waals surface area contributed by atoms with Gasteiger partial charge in [0.15, 0.2) is 0 Å². The molecule has 0 amide bonds. The van der Waals surface area contributed by atoms with Gasteiger partial charge >= 0.3 is 0 Å². The number of alkyl halides is 1. The molecule has 0 fully saturated rings. The first-order valence-electron chi connectivity index (χ1n) is 5.70. The number of ether oxygens (including phenoxy) is 2. The molecule has 3 nitrogen and oxygen atoms in total. The lowest BCUT2D eigenvalue weighted by atomic mass is 10.3. The molecule has 0 saturated heterocycles. The van der Waals surface area contributed by atoms with Gasteiger partial charge in [0.05, 0.1) is 19.8 Å². The molecular formula is C11H24ClNO2. The summed E-state index contributed by atoms with van der Waals surface area (Å²) in [6.45, 7) is 7.36. The molecule has 15 heavy (non-hydrogen) atoms. The summed E-state index contributed by atoms with van der Waals surface area (Å²) >= 11 is 5.74. The highest BCUT2D eigenvalue weighted by Crippen LogP contribution is 1.96. The Bertz CT molecular complexity index is 125. The molecule has 0 aromatic carbocycles. The molecule has 0 rings (SSSR count). The van der Waals surface area contributed by atoms with Crippen molar-refractivity contribution in [3.63, 3.8) is 0 Å². The van der Waals surface area contributed by atoms with Crippen LogP contribution in [0.2, 0.25) is 0 Å². The Balaban J connectivity index is 3.38. The van der Waals surface area contributed by atoms with Crippen LogP contribution in [0, 0.1) is 0 Å². The zero-order valence-electron chi connectivity index (χ0n) is 10.0. The summed E-state index contributed by atoms with van der Waals surface area (Å²) in [7, 11) is 1.68. The highest BCUT2D eigenvalue weighted by molar-refractivity contribution is 6.18. The Kier molecular flexibility index (Phi) is 12.4. The number of methoxy groups -OCH3 is 1. The molecule has 0 aromatic rings. The molecule has 4 heteroatoms. The minimum Gasteiger partial charge on any atom is -0.382 e. The third kappa shape index (κ3) is 10.5. The lowest BCUT2D eigenvalue weighted by molar-refractivity contribution is 0.0578. The zero-order chi connectivity index (χ0) is 11.4. The Labute approximate surface area is 98.7 Å². The quantitative estimate of drug-likeness (QED) is 0.405. The predicted molar refractivity (Wildman–Crippen MR) is 64.8 cm³/mol. The van der Waals surface area contributed by atoms with Gasteiger partial charge in [-0.25, -0.2) is 0 Å². The summed E-state index contributed by atoms with van der Waals surface area (Å²) in [5.74, 6) is 0.696. The van der Waals surface area contributed by atoms with E-state index in [-0.39, 0.29) is 0 Å². The normalized spacial score (nSPS) is 11.2. The molecule has 0 aliphatic rings. The molecule has 0 spiro atoms. The van der Waals surface area contributed by atoms with Crippen LogP contribution in [0.5, 0.6) is 0 Å². The fourth-order valence-corrected chi connectivity index (χ4v) is 1.51. The van der Waals surface area contributed by atoms with E-state index in [1.54, 1.807) is 7.11 Å². The largest absolute Gasteiger partial charge is 0.382 e. The smallest absolute Gasteiger partial charge is 0.0700 e. The number of hydrogen-bond acceptors (Lipinski definition) is 3. The standard InChI is InChI=1S/C11H24ClNO2/c1-3-4-6-13(7-5-12)8-9-15-11-10-14-2/h3-11H2,1-2H3. The van der Waals surface area contributed by atoms with Crippen LogP contribution in [0.3, 0.4) is 0 Å². The molecule has 0 heterocycles. The fraction of sp³-hybridized carbons (Fsp3) is 1.00. The van der Waals surface area contributed by atoms with Crippen LogP contribution in [-0.2, 0) is 9.47 Å². The van der Waals surface area contributed by atoms with Crippen LogP contribution in [0.15, 0.2) is 0 Å². The van der Waals surface area contributed by atoms with E-state index in [0.717, 1.165) is 26.2 Å². The molecule has 0 unspecified atom stereocenters. The van der Waals surface area contributed by atoms with Crippen LogP contribution >= 0.6 is 11.6 Å². The third-order valence-electron chi connectivity index (χ3n) is 2.21. The Morgan fingerprint density at radius 1 is 1.07 bits per heavy atom. The third-order valence-corrected chi connectivity index (χ3v) is 2.38. The maximum Gasteiger partial charge on any atom is 0.0700 e. The molecule has 0 bridgehead atoms. The number of unbranched alkanes of at least 4 members (excludes halogenated alkanes) is 1. The van der Waals surface area contributed by atoms with E-state index in [0.29, 0.717) is 19.1 Å². The average Bonchev–Trinajstić information content (AvgIpc) is 2.25. The Morgan fingerprint density at radius 2 is 1.87 bits per heavy atom. The van der Waals surface area contributed by atoms with Crippen molar-refractivity contribution in [3.05, 3.63) is 0 Å². The summed E-state index contributed by atoms with van der Waals surface area (Å²) in [6, 6.07) is 0. The van der Waals surface area contributed by atoms with Crippen molar-refractivity contribution < 1.29 is 9.47 Å². The van der Waals surface area contributed by atoms with Gasteiger partial charge in [0.2, 0.25) is 0 Å². The second-order valence-electron chi connectivity index (χ2n) is 3.49. The van der Waals surface area contributed by atoms with Crippen molar-refractivity contribution in [2.24, 2.45) is 0 Å². The van der Waals surface area contributed by atoms with Crippen molar-refractivity contribution in [2.45, 2.75) is 19.8 Å². The van der Waals surface area contributed by atoms with E-state index in [2.05, 4.69) is 11.8 Å². The first kappa shape index (κ1) is 15.2. The number of hydrogen-bond donors (Lipinski definition) is 0. The SMILES string of the molecule is CCCCN(CCCl)CCOCCOC. The highest BCUT2D eigenvalue weighted by Gasteiger charge is 2.02. The topological polar surface area (TPSA) is 21.7 Å². The van der Waals surface area contributed by atoms with E-state index in [4.69, 9.17) is 21.1 Å². The highest BCUT2D eigenvalue weighted by atomic mass is 35.5. The molecule has 92 valence electrons. The van der Waals surface area contributed by atoms with Gasteiger partial charge in [-0.1, -0.05) is 13.3 Å². The van der Waals surface area contributed by atoms with Gasteiger partial charge in [0, 0.05) is 26.1 Å². The lowest BCUT2D eigenvalue weighted by Gasteiger charge is -2.20. The minimum atomic E-state index is 0.671. The first-order valence-corrected chi connectivity index (χ1v) is 6.23.